The van der Waals surface area contributed by atoms with Crippen LogP contribution >= 0.6 is 11.5 Å². The van der Waals surface area contributed by atoms with Crippen molar-refractivity contribution in [2.45, 2.75) is 63.6 Å². The number of hydrogen-bond acceptors (Lipinski definition) is 6. The first kappa shape index (κ1) is 20.9. The third kappa shape index (κ3) is 4.87. The summed E-state index contributed by atoms with van der Waals surface area (Å²) in [6.07, 6.45) is 6.00. The van der Waals surface area contributed by atoms with Gasteiger partial charge >= 0.3 is 0 Å². The van der Waals surface area contributed by atoms with Crippen LogP contribution in [0.25, 0.3) is 0 Å². The van der Waals surface area contributed by atoms with Gasteiger partial charge in [-0.1, -0.05) is 47.2 Å². The molecule has 0 unspecified atom stereocenters. The third-order valence-electron chi connectivity index (χ3n) is 5.92. The van der Waals surface area contributed by atoms with E-state index in [0.29, 0.717) is 13.2 Å². The van der Waals surface area contributed by atoms with Crippen molar-refractivity contribution in [2.75, 3.05) is 13.2 Å². The van der Waals surface area contributed by atoms with E-state index in [1.54, 1.807) is 10.3 Å². The van der Waals surface area contributed by atoms with Crippen LogP contribution in [0.15, 0.2) is 29.6 Å². The first-order valence-electron chi connectivity index (χ1n) is 10.7. The largest absolute Gasteiger partial charge is 0.376 e. The molecule has 2 atom stereocenters. The molecule has 4 rings (SSSR count). The number of hydrogen-bond donors (Lipinski definition) is 1. The second-order valence-electron chi connectivity index (χ2n) is 8.19. The molecule has 160 valence electrons. The summed E-state index contributed by atoms with van der Waals surface area (Å²) < 4.78 is 9.65. The van der Waals surface area contributed by atoms with Crippen LogP contribution < -0.4 is 5.32 Å². The summed E-state index contributed by atoms with van der Waals surface area (Å²) in [5, 5.41) is 8.79. The number of rotatable bonds is 7. The lowest BCUT2D eigenvalue weighted by molar-refractivity contribution is -0.127. The molecule has 8 heteroatoms. The molecule has 2 aromatic rings. The molecular weight excluding hydrogens is 400 g/mol. The Hall–Kier alpha value is -2.32. The summed E-state index contributed by atoms with van der Waals surface area (Å²) in [6, 6.07) is 7.26. The molecule has 1 saturated carbocycles. The number of amides is 2. The number of benzene rings is 1. The minimum absolute atomic E-state index is 0.0761. The third-order valence-corrected chi connectivity index (χ3v) is 6.42. The maximum atomic E-state index is 13.5. The van der Waals surface area contributed by atoms with Crippen molar-refractivity contribution >= 4 is 23.3 Å². The zero-order valence-electron chi connectivity index (χ0n) is 17.3. The molecule has 0 bridgehead atoms. The number of carbonyl (C=O) groups is 2. The van der Waals surface area contributed by atoms with Gasteiger partial charge in [-0.2, -0.15) is 0 Å². The van der Waals surface area contributed by atoms with Crippen LogP contribution in [0.5, 0.6) is 0 Å². The molecule has 1 saturated heterocycles. The average Bonchev–Trinajstić information content (AvgIpc) is 3.52. The Morgan fingerprint density at radius 2 is 1.97 bits per heavy atom. The van der Waals surface area contributed by atoms with Crippen LogP contribution in [0.1, 0.15) is 66.2 Å². The maximum absolute atomic E-state index is 13.5. The van der Waals surface area contributed by atoms with E-state index < -0.39 is 6.04 Å². The van der Waals surface area contributed by atoms with E-state index in [2.05, 4.69) is 14.9 Å². The van der Waals surface area contributed by atoms with Gasteiger partial charge in [0.15, 0.2) is 5.69 Å². The molecule has 1 aliphatic carbocycles. The smallest absolute Gasteiger partial charge is 0.276 e. The zero-order valence-corrected chi connectivity index (χ0v) is 18.1. The lowest BCUT2D eigenvalue weighted by atomic mass is 10.0. The topological polar surface area (TPSA) is 84.4 Å². The van der Waals surface area contributed by atoms with Gasteiger partial charge in [-0.05, 0) is 49.7 Å². The Balaban J connectivity index is 1.67. The average molecular weight is 429 g/mol. The Kier molecular flexibility index (Phi) is 6.74. The van der Waals surface area contributed by atoms with Crippen molar-refractivity contribution in [1.29, 1.82) is 0 Å². The van der Waals surface area contributed by atoms with Gasteiger partial charge in [0.25, 0.3) is 5.91 Å². The highest BCUT2D eigenvalue weighted by atomic mass is 32.1. The Morgan fingerprint density at radius 1 is 1.20 bits per heavy atom. The van der Waals surface area contributed by atoms with Crippen LogP contribution in [0.3, 0.4) is 0 Å². The van der Waals surface area contributed by atoms with E-state index in [1.807, 2.05) is 31.2 Å². The van der Waals surface area contributed by atoms with Crippen molar-refractivity contribution in [3.05, 3.63) is 46.5 Å². The minimum atomic E-state index is -0.732. The van der Waals surface area contributed by atoms with Crippen molar-refractivity contribution in [1.82, 2.24) is 19.8 Å². The summed E-state index contributed by atoms with van der Waals surface area (Å²) in [6.45, 7) is 3.05. The highest BCUT2D eigenvalue weighted by Crippen LogP contribution is 2.28. The molecule has 2 amide bonds. The summed E-state index contributed by atoms with van der Waals surface area (Å²) in [5.74, 6) is -0.424. The highest BCUT2D eigenvalue weighted by molar-refractivity contribution is 7.03. The molecule has 2 fully saturated rings. The normalized spacial score (nSPS) is 20.2. The first-order chi connectivity index (χ1) is 14.6. The van der Waals surface area contributed by atoms with Crippen LogP contribution in [0.4, 0.5) is 0 Å². The second-order valence-corrected chi connectivity index (χ2v) is 8.80. The lowest BCUT2D eigenvalue weighted by Crippen LogP contribution is -2.48. The Bertz CT molecular complexity index is 844. The quantitative estimate of drug-likeness (QED) is 0.732. The highest BCUT2D eigenvalue weighted by Gasteiger charge is 2.36. The van der Waals surface area contributed by atoms with Crippen LogP contribution in [-0.2, 0) is 9.53 Å². The molecule has 1 aromatic carbocycles. The molecule has 1 N–H and O–H groups in total. The SMILES string of the molecule is Cc1ccc([C@H](C(=O)NC2CCCC2)N(C[C@H]2CCCO2)C(=O)c2csnn2)cc1. The predicted octanol–water partition coefficient (Wildman–Crippen LogP) is 3.27. The fourth-order valence-electron chi connectivity index (χ4n) is 4.29. The van der Waals surface area contributed by atoms with Crippen molar-refractivity contribution in [2.24, 2.45) is 0 Å². The van der Waals surface area contributed by atoms with E-state index >= 15 is 0 Å². The van der Waals surface area contributed by atoms with Gasteiger partial charge in [-0.3, -0.25) is 9.59 Å². The van der Waals surface area contributed by atoms with Gasteiger partial charge in [-0.25, -0.2) is 0 Å². The van der Waals surface area contributed by atoms with Crippen LogP contribution in [-0.4, -0.2) is 51.6 Å². The van der Waals surface area contributed by atoms with Gasteiger partial charge in [0.2, 0.25) is 5.91 Å². The Morgan fingerprint density at radius 3 is 2.60 bits per heavy atom. The molecule has 2 aliphatic rings. The number of ether oxygens (including phenoxy) is 1. The van der Waals surface area contributed by atoms with Crippen molar-refractivity contribution in [3.63, 3.8) is 0 Å². The predicted molar refractivity (Wildman–Crippen MR) is 114 cm³/mol. The van der Waals surface area contributed by atoms with Gasteiger partial charge in [0, 0.05) is 24.6 Å². The molecule has 0 spiro atoms. The van der Waals surface area contributed by atoms with Crippen molar-refractivity contribution < 1.29 is 14.3 Å². The van der Waals surface area contributed by atoms with E-state index in [-0.39, 0.29) is 29.7 Å². The van der Waals surface area contributed by atoms with E-state index in [1.165, 1.54) is 0 Å². The number of nitrogens with one attached hydrogen (secondary N) is 1. The monoisotopic (exact) mass is 428 g/mol. The molecule has 0 radical (unpaired) electrons. The van der Waals surface area contributed by atoms with E-state index in [9.17, 15) is 9.59 Å². The summed E-state index contributed by atoms with van der Waals surface area (Å²) in [4.78, 5) is 28.5. The standard InChI is InChI=1S/C22H28N4O3S/c1-15-8-10-16(11-9-15)20(21(27)23-17-5-2-3-6-17)26(13-18-7-4-12-29-18)22(28)19-14-30-25-24-19/h8-11,14,17-18,20H,2-7,12-13H2,1H3,(H,23,27)/t18-,20-/m1/s1. The molecule has 30 heavy (non-hydrogen) atoms. The second kappa shape index (κ2) is 9.66. The van der Waals surface area contributed by atoms with Crippen molar-refractivity contribution in [3.8, 4) is 0 Å². The number of nitrogens with zero attached hydrogens (tertiary/aromatic N) is 3. The minimum Gasteiger partial charge on any atom is -0.376 e. The number of carbonyl (C=O) groups excluding carboxylic acids is 2. The molecule has 7 nitrogen and oxygen atoms in total. The zero-order chi connectivity index (χ0) is 20.9. The first-order valence-corrected chi connectivity index (χ1v) is 11.5. The lowest BCUT2D eigenvalue weighted by Gasteiger charge is -2.33. The molecule has 2 heterocycles. The molecule has 1 aromatic heterocycles. The fraction of sp³-hybridized carbons (Fsp3) is 0.545. The summed E-state index contributed by atoms with van der Waals surface area (Å²) >= 11 is 1.13. The van der Waals surface area contributed by atoms with Gasteiger partial charge < -0.3 is 15.0 Å². The summed E-state index contributed by atoms with van der Waals surface area (Å²) in [7, 11) is 0. The van der Waals surface area contributed by atoms with Crippen LogP contribution in [0.2, 0.25) is 0 Å². The van der Waals surface area contributed by atoms with E-state index in [4.69, 9.17) is 4.74 Å². The number of aromatic nitrogens is 2. The van der Waals surface area contributed by atoms with Gasteiger partial charge in [0.1, 0.15) is 6.04 Å². The maximum Gasteiger partial charge on any atom is 0.276 e. The Labute approximate surface area is 181 Å². The van der Waals surface area contributed by atoms with Gasteiger partial charge in [-0.15, -0.1) is 5.10 Å². The van der Waals surface area contributed by atoms with Gasteiger partial charge in [0.05, 0.1) is 6.10 Å². The van der Waals surface area contributed by atoms with Crippen LogP contribution in [0, 0.1) is 6.92 Å². The van der Waals surface area contributed by atoms with E-state index in [0.717, 1.165) is 61.2 Å². The fourth-order valence-corrected chi connectivity index (χ4v) is 4.72. The summed E-state index contributed by atoms with van der Waals surface area (Å²) in [5.41, 5.74) is 2.17. The molecule has 1 aliphatic heterocycles. The number of aryl methyl sites for hydroxylation is 1. The molecular formula is C22H28N4O3S.